The molecule has 0 atom stereocenters. The van der Waals surface area contributed by atoms with Crippen LogP contribution in [-0.4, -0.2) is 4.98 Å². The van der Waals surface area contributed by atoms with Gasteiger partial charge in [-0.15, -0.1) is 0 Å². The highest BCUT2D eigenvalue weighted by molar-refractivity contribution is 6.41. The first-order chi connectivity index (χ1) is 13.2. The van der Waals surface area contributed by atoms with Crippen LogP contribution in [0.2, 0.25) is 10.2 Å². The van der Waals surface area contributed by atoms with E-state index in [1.165, 1.54) is 68.9 Å². The lowest BCUT2D eigenvalue weighted by Crippen LogP contribution is -2.14. The van der Waals surface area contributed by atoms with Crippen molar-refractivity contribution < 1.29 is 0 Å². The third kappa shape index (κ3) is 6.22. The van der Waals surface area contributed by atoms with Crippen molar-refractivity contribution in [1.82, 2.24) is 4.98 Å². The number of aryl methyl sites for hydroxylation is 2. The van der Waals surface area contributed by atoms with Crippen molar-refractivity contribution in [1.29, 1.82) is 0 Å². The maximum absolute atomic E-state index is 6.07. The predicted molar refractivity (Wildman–Crippen MR) is 117 cm³/mol. The molecule has 0 amide bonds. The number of halogens is 2. The summed E-state index contributed by atoms with van der Waals surface area (Å²) in [5.41, 5.74) is 4.24. The Bertz CT molecular complexity index is 703. The minimum Gasteiger partial charge on any atom is -0.243 e. The Labute approximate surface area is 174 Å². The summed E-state index contributed by atoms with van der Waals surface area (Å²) in [4.78, 5) is 4.16. The number of aromatic nitrogens is 1. The summed E-state index contributed by atoms with van der Waals surface area (Å²) >= 11 is 12.0. The van der Waals surface area contributed by atoms with E-state index in [0.29, 0.717) is 10.2 Å². The van der Waals surface area contributed by atoms with Crippen LogP contribution in [0, 0.1) is 5.92 Å². The number of rotatable bonds is 8. The van der Waals surface area contributed by atoms with E-state index < -0.39 is 0 Å². The number of benzene rings is 1. The van der Waals surface area contributed by atoms with E-state index in [4.69, 9.17) is 23.2 Å². The fraction of sp³-hybridized carbons (Fsp3) is 0.542. The highest BCUT2D eigenvalue weighted by Gasteiger charge is 2.22. The van der Waals surface area contributed by atoms with Gasteiger partial charge in [0.05, 0.1) is 5.02 Å². The topological polar surface area (TPSA) is 12.9 Å². The van der Waals surface area contributed by atoms with Crippen LogP contribution in [0.4, 0.5) is 0 Å². The monoisotopic (exact) mass is 403 g/mol. The molecule has 2 aromatic rings. The molecule has 0 spiro atoms. The number of hydrogen-bond donors (Lipinski definition) is 0. The normalized spacial score (nSPS) is 20.0. The Morgan fingerprint density at radius 1 is 0.926 bits per heavy atom. The van der Waals surface area contributed by atoms with E-state index in [1.807, 2.05) is 12.3 Å². The maximum atomic E-state index is 6.07. The minimum absolute atomic E-state index is 0.400. The smallest absolute Gasteiger partial charge is 0.147 e. The molecule has 3 rings (SSSR count). The predicted octanol–water partition coefficient (Wildman–Crippen LogP) is 8.03. The van der Waals surface area contributed by atoms with Gasteiger partial charge in [0.15, 0.2) is 0 Å². The molecule has 1 heterocycles. The molecule has 1 aromatic carbocycles. The summed E-state index contributed by atoms with van der Waals surface area (Å²) in [6, 6.07) is 11.4. The Morgan fingerprint density at radius 3 is 2.33 bits per heavy atom. The number of unbranched alkanes of at least 4 members (excludes halogenated alkanes) is 2. The first-order valence-corrected chi connectivity index (χ1v) is 11.3. The van der Waals surface area contributed by atoms with Crippen LogP contribution in [0.25, 0.3) is 0 Å². The third-order valence-electron chi connectivity index (χ3n) is 6.06. The molecule has 1 aliphatic carbocycles. The van der Waals surface area contributed by atoms with Crippen LogP contribution in [0.3, 0.4) is 0 Å². The molecule has 0 N–H and O–H groups in total. The molecule has 1 nitrogen and oxygen atoms in total. The fourth-order valence-corrected chi connectivity index (χ4v) is 4.58. The van der Waals surface area contributed by atoms with Gasteiger partial charge in [0.2, 0.25) is 0 Å². The van der Waals surface area contributed by atoms with Crippen LogP contribution in [0.1, 0.15) is 80.9 Å². The van der Waals surface area contributed by atoms with Gasteiger partial charge in [0.1, 0.15) is 5.15 Å². The van der Waals surface area contributed by atoms with Crippen LogP contribution in [-0.2, 0) is 12.8 Å². The zero-order valence-electron chi connectivity index (χ0n) is 16.4. The van der Waals surface area contributed by atoms with Gasteiger partial charge in [0, 0.05) is 6.20 Å². The second-order valence-electron chi connectivity index (χ2n) is 8.07. The van der Waals surface area contributed by atoms with E-state index in [1.54, 1.807) is 5.56 Å². The van der Waals surface area contributed by atoms with Gasteiger partial charge in [-0.1, -0.05) is 67.2 Å². The number of pyridine rings is 1. The van der Waals surface area contributed by atoms with Gasteiger partial charge in [-0.25, -0.2) is 4.98 Å². The van der Waals surface area contributed by atoms with Crippen LogP contribution in [0.5, 0.6) is 0 Å². The van der Waals surface area contributed by atoms with E-state index in [-0.39, 0.29) is 0 Å². The van der Waals surface area contributed by atoms with Gasteiger partial charge < -0.3 is 0 Å². The fourth-order valence-electron chi connectivity index (χ4n) is 4.29. The lowest BCUT2D eigenvalue weighted by atomic mass is 9.77. The average Bonchev–Trinajstić information content (AvgIpc) is 2.70. The van der Waals surface area contributed by atoms with Gasteiger partial charge in [-0.2, -0.15) is 0 Å². The summed E-state index contributed by atoms with van der Waals surface area (Å²) in [6.45, 7) is 2.26. The molecule has 0 unspecified atom stereocenters. The van der Waals surface area contributed by atoms with Gasteiger partial charge >= 0.3 is 0 Å². The average molecular weight is 404 g/mol. The highest BCUT2D eigenvalue weighted by Crippen LogP contribution is 2.37. The van der Waals surface area contributed by atoms with Crippen LogP contribution >= 0.6 is 23.2 Å². The number of nitrogens with zero attached hydrogens (tertiary/aromatic N) is 1. The standard InChI is InChI=1S/C24H31Cl2N/c1-2-3-4-5-18-8-12-21(13-9-18)22-14-10-19(11-15-22)6-7-20-16-23(25)24(26)27-17-20/h8-9,12-13,16-17,19,22H,2-7,10-11,14-15H2,1H3. The van der Waals surface area contributed by atoms with E-state index in [0.717, 1.165) is 18.3 Å². The van der Waals surface area contributed by atoms with Crippen molar-refractivity contribution in [3.8, 4) is 0 Å². The summed E-state index contributed by atoms with van der Waals surface area (Å²) in [5.74, 6) is 1.57. The Kier molecular flexibility index (Phi) is 8.03. The van der Waals surface area contributed by atoms with Crippen molar-refractivity contribution in [3.63, 3.8) is 0 Å². The molecular formula is C24H31Cl2N. The van der Waals surface area contributed by atoms with E-state index in [2.05, 4.69) is 36.2 Å². The second-order valence-corrected chi connectivity index (χ2v) is 8.84. The number of hydrogen-bond acceptors (Lipinski definition) is 1. The molecule has 27 heavy (non-hydrogen) atoms. The summed E-state index contributed by atoms with van der Waals surface area (Å²) in [7, 11) is 0. The lowest BCUT2D eigenvalue weighted by molar-refractivity contribution is 0.310. The zero-order chi connectivity index (χ0) is 19.1. The molecule has 1 aromatic heterocycles. The second kappa shape index (κ2) is 10.5. The Hall–Kier alpha value is -1.05. The van der Waals surface area contributed by atoms with Crippen molar-refractivity contribution >= 4 is 23.2 Å². The molecule has 0 radical (unpaired) electrons. The van der Waals surface area contributed by atoms with Gasteiger partial charge in [-0.3, -0.25) is 0 Å². The molecule has 146 valence electrons. The quantitative estimate of drug-likeness (QED) is 0.321. The molecular weight excluding hydrogens is 373 g/mol. The van der Waals surface area contributed by atoms with Crippen molar-refractivity contribution in [2.45, 2.75) is 77.0 Å². The van der Waals surface area contributed by atoms with E-state index in [9.17, 15) is 0 Å². The van der Waals surface area contributed by atoms with Crippen molar-refractivity contribution in [3.05, 3.63) is 63.4 Å². The molecule has 1 fully saturated rings. The molecule has 0 bridgehead atoms. The SMILES string of the molecule is CCCCCc1ccc(C2CCC(CCc3cnc(Cl)c(Cl)c3)CC2)cc1. The first-order valence-electron chi connectivity index (χ1n) is 10.5. The third-order valence-corrected chi connectivity index (χ3v) is 6.75. The first kappa shape index (κ1) is 20.7. The van der Waals surface area contributed by atoms with E-state index >= 15 is 0 Å². The summed E-state index contributed by atoms with van der Waals surface area (Å²) in [5, 5.41) is 0.966. The molecule has 3 heteroatoms. The van der Waals surface area contributed by atoms with Gasteiger partial charge in [0.25, 0.3) is 0 Å². The largest absolute Gasteiger partial charge is 0.243 e. The Morgan fingerprint density at radius 2 is 1.67 bits per heavy atom. The van der Waals surface area contributed by atoms with Crippen molar-refractivity contribution in [2.24, 2.45) is 5.92 Å². The zero-order valence-corrected chi connectivity index (χ0v) is 17.9. The van der Waals surface area contributed by atoms with Crippen molar-refractivity contribution in [2.75, 3.05) is 0 Å². The summed E-state index contributed by atoms with van der Waals surface area (Å²) in [6.07, 6.45) is 14.6. The Balaban J connectivity index is 1.43. The highest BCUT2D eigenvalue weighted by atomic mass is 35.5. The summed E-state index contributed by atoms with van der Waals surface area (Å²) < 4.78 is 0. The molecule has 0 aliphatic heterocycles. The van der Waals surface area contributed by atoms with Gasteiger partial charge in [-0.05, 0) is 86.0 Å². The molecule has 0 saturated heterocycles. The lowest BCUT2D eigenvalue weighted by Gasteiger charge is -2.29. The van der Waals surface area contributed by atoms with Crippen LogP contribution in [0.15, 0.2) is 36.5 Å². The minimum atomic E-state index is 0.400. The van der Waals surface area contributed by atoms with Crippen LogP contribution < -0.4 is 0 Å². The molecule has 1 saturated carbocycles. The molecule has 1 aliphatic rings. The maximum Gasteiger partial charge on any atom is 0.147 e.